The van der Waals surface area contributed by atoms with Crippen LogP contribution in [-0.2, 0) is 6.42 Å². The summed E-state index contributed by atoms with van der Waals surface area (Å²) in [6.07, 6.45) is 0.711. The zero-order chi connectivity index (χ0) is 15.0. The SMILES string of the molecule is CCc1nc2ccc(I)cc2c(=O)n1-c1ccc(I)cc1. The van der Waals surface area contributed by atoms with Gasteiger partial charge in [0, 0.05) is 13.6 Å². The van der Waals surface area contributed by atoms with Crippen LogP contribution in [0.25, 0.3) is 16.6 Å². The first kappa shape index (κ1) is 15.0. The molecule has 21 heavy (non-hydrogen) atoms. The number of fused-ring (bicyclic) bond motifs is 1. The van der Waals surface area contributed by atoms with Gasteiger partial charge in [-0.05, 0) is 87.6 Å². The molecule has 3 aromatic rings. The van der Waals surface area contributed by atoms with Gasteiger partial charge in [-0.1, -0.05) is 6.92 Å². The highest BCUT2D eigenvalue weighted by atomic mass is 127. The van der Waals surface area contributed by atoms with E-state index in [0.29, 0.717) is 11.8 Å². The molecule has 1 heterocycles. The van der Waals surface area contributed by atoms with Gasteiger partial charge in [0.15, 0.2) is 0 Å². The quantitative estimate of drug-likeness (QED) is 0.494. The molecule has 0 aliphatic rings. The lowest BCUT2D eigenvalue weighted by molar-refractivity contribution is 0.833. The standard InChI is InChI=1S/C16H12I2N2O/c1-2-15-19-14-8-5-11(18)9-13(14)16(21)20(15)12-6-3-10(17)4-7-12/h3-9H,2H2,1H3. The lowest BCUT2D eigenvalue weighted by atomic mass is 10.2. The topological polar surface area (TPSA) is 34.9 Å². The van der Waals surface area contributed by atoms with Gasteiger partial charge in [0.2, 0.25) is 0 Å². The molecule has 0 unspecified atom stereocenters. The summed E-state index contributed by atoms with van der Waals surface area (Å²) < 4.78 is 3.90. The van der Waals surface area contributed by atoms with E-state index >= 15 is 0 Å². The average Bonchev–Trinajstić information content (AvgIpc) is 2.49. The maximum atomic E-state index is 12.9. The van der Waals surface area contributed by atoms with E-state index in [9.17, 15) is 4.79 Å². The van der Waals surface area contributed by atoms with Gasteiger partial charge in [-0.25, -0.2) is 4.98 Å². The Hall–Kier alpha value is -0.960. The molecule has 0 fully saturated rings. The minimum Gasteiger partial charge on any atom is -0.268 e. The second-order valence-corrected chi connectivity index (χ2v) is 7.15. The third kappa shape index (κ3) is 2.85. The van der Waals surface area contributed by atoms with Gasteiger partial charge < -0.3 is 0 Å². The van der Waals surface area contributed by atoms with E-state index in [2.05, 4.69) is 50.2 Å². The first-order valence-electron chi connectivity index (χ1n) is 6.57. The summed E-state index contributed by atoms with van der Waals surface area (Å²) in [7, 11) is 0. The lowest BCUT2D eigenvalue weighted by Gasteiger charge is -2.12. The van der Waals surface area contributed by atoms with Crippen LogP contribution in [0.1, 0.15) is 12.7 Å². The summed E-state index contributed by atoms with van der Waals surface area (Å²) in [5, 5.41) is 0.664. The van der Waals surface area contributed by atoms with Crippen molar-refractivity contribution in [2.24, 2.45) is 0 Å². The second-order valence-electron chi connectivity index (χ2n) is 4.66. The minimum atomic E-state index is -0.00317. The molecule has 0 radical (unpaired) electrons. The van der Waals surface area contributed by atoms with Gasteiger partial charge in [0.05, 0.1) is 16.6 Å². The van der Waals surface area contributed by atoms with Gasteiger partial charge in [-0.3, -0.25) is 9.36 Å². The molecule has 0 N–H and O–H groups in total. The maximum absolute atomic E-state index is 12.9. The van der Waals surface area contributed by atoms with Crippen LogP contribution in [0, 0.1) is 7.14 Å². The summed E-state index contributed by atoms with van der Waals surface area (Å²) >= 11 is 4.47. The fraction of sp³-hybridized carbons (Fsp3) is 0.125. The van der Waals surface area contributed by atoms with Crippen LogP contribution in [0.3, 0.4) is 0 Å². The number of rotatable bonds is 2. The Bertz CT molecular complexity index is 870. The molecule has 0 bridgehead atoms. The number of nitrogens with zero attached hydrogens (tertiary/aromatic N) is 2. The van der Waals surface area contributed by atoms with E-state index in [4.69, 9.17) is 0 Å². The molecule has 0 aliphatic carbocycles. The molecular weight excluding hydrogens is 490 g/mol. The van der Waals surface area contributed by atoms with Crippen molar-refractivity contribution < 1.29 is 0 Å². The molecule has 0 aliphatic heterocycles. The highest BCUT2D eigenvalue weighted by Gasteiger charge is 2.11. The molecule has 0 saturated carbocycles. The van der Waals surface area contributed by atoms with Crippen molar-refractivity contribution in [2.75, 3.05) is 0 Å². The van der Waals surface area contributed by atoms with E-state index in [1.807, 2.05) is 49.4 Å². The summed E-state index contributed by atoms with van der Waals surface area (Å²) in [4.78, 5) is 17.5. The number of halogens is 2. The van der Waals surface area contributed by atoms with Crippen molar-refractivity contribution in [3.63, 3.8) is 0 Å². The van der Waals surface area contributed by atoms with Crippen LogP contribution in [0.5, 0.6) is 0 Å². The van der Waals surface area contributed by atoms with Crippen molar-refractivity contribution in [3.05, 3.63) is 65.8 Å². The molecule has 0 atom stereocenters. The fourth-order valence-corrected chi connectivity index (χ4v) is 3.15. The maximum Gasteiger partial charge on any atom is 0.266 e. The van der Waals surface area contributed by atoms with E-state index in [1.165, 1.54) is 0 Å². The van der Waals surface area contributed by atoms with Gasteiger partial charge in [-0.15, -0.1) is 0 Å². The van der Waals surface area contributed by atoms with Gasteiger partial charge in [0.1, 0.15) is 5.82 Å². The molecule has 106 valence electrons. The van der Waals surface area contributed by atoms with E-state index in [0.717, 1.165) is 24.2 Å². The number of hydrogen-bond donors (Lipinski definition) is 0. The number of hydrogen-bond acceptors (Lipinski definition) is 2. The predicted molar refractivity (Wildman–Crippen MR) is 102 cm³/mol. The molecule has 3 rings (SSSR count). The Morgan fingerprint density at radius 1 is 1.05 bits per heavy atom. The van der Waals surface area contributed by atoms with Crippen LogP contribution in [-0.4, -0.2) is 9.55 Å². The van der Waals surface area contributed by atoms with E-state index < -0.39 is 0 Å². The summed E-state index contributed by atoms with van der Waals surface area (Å²) in [6, 6.07) is 13.7. The lowest BCUT2D eigenvalue weighted by Crippen LogP contribution is -2.23. The van der Waals surface area contributed by atoms with Crippen LogP contribution < -0.4 is 5.56 Å². The Balaban J connectivity index is 2.37. The Labute approximate surface area is 149 Å². The monoisotopic (exact) mass is 502 g/mol. The fourth-order valence-electron chi connectivity index (χ4n) is 2.30. The number of benzene rings is 2. The Morgan fingerprint density at radius 2 is 1.71 bits per heavy atom. The largest absolute Gasteiger partial charge is 0.268 e. The van der Waals surface area contributed by atoms with Crippen LogP contribution in [0.15, 0.2) is 47.3 Å². The van der Waals surface area contributed by atoms with E-state index in [1.54, 1.807) is 4.57 Å². The molecule has 2 aromatic carbocycles. The van der Waals surface area contributed by atoms with Crippen molar-refractivity contribution in [2.45, 2.75) is 13.3 Å². The van der Waals surface area contributed by atoms with Crippen molar-refractivity contribution >= 4 is 56.1 Å². The predicted octanol–water partition coefficient (Wildman–Crippen LogP) is 4.16. The molecule has 3 nitrogen and oxygen atoms in total. The zero-order valence-electron chi connectivity index (χ0n) is 11.3. The van der Waals surface area contributed by atoms with Gasteiger partial charge >= 0.3 is 0 Å². The van der Waals surface area contributed by atoms with Crippen molar-refractivity contribution in [3.8, 4) is 5.69 Å². The summed E-state index contributed by atoms with van der Waals surface area (Å²) in [6.45, 7) is 2.02. The third-order valence-electron chi connectivity index (χ3n) is 3.30. The zero-order valence-corrected chi connectivity index (χ0v) is 15.6. The molecular formula is C16H12I2N2O. The Kier molecular flexibility index (Phi) is 4.30. The molecule has 0 amide bonds. The Morgan fingerprint density at radius 3 is 2.38 bits per heavy atom. The number of aryl methyl sites for hydroxylation is 1. The summed E-state index contributed by atoms with van der Waals surface area (Å²) in [5.41, 5.74) is 1.63. The first-order valence-corrected chi connectivity index (χ1v) is 8.73. The number of aromatic nitrogens is 2. The second kappa shape index (κ2) is 6.04. The third-order valence-corrected chi connectivity index (χ3v) is 4.69. The van der Waals surface area contributed by atoms with Crippen LogP contribution >= 0.6 is 45.2 Å². The van der Waals surface area contributed by atoms with Crippen LogP contribution in [0.2, 0.25) is 0 Å². The van der Waals surface area contributed by atoms with Gasteiger partial charge in [-0.2, -0.15) is 0 Å². The summed E-state index contributed by atoms with van der Waals surface area (Å²) in [5.74, 6) is 0.787. The average molecular weight is 502 g/mol. The van der Waals surface area contributed by atoms with Gasteiger partial charge in [0.25, 0.3) is 5.56 Å². The molecule has 0 saturated heterocycles. The molecule has 1 aromatic heterocycles. The minimum absolute atomic E-state index is 0.00317. The van der Waals surface area contributed by atoms with Crippen LogP contribution in [0.4, 0.5) is 0 Å². The molecule has 0 spiro atoms. The van der Waals surface area contributed by atoms with E-state index in [-0.39, 0.29) is 5.56 Å². The smallest absolute Gasteiger partial charge is 0.266 e. The first-order chi connectivity index (χ1) is 10.1. The normalized spacial score (nSPS) is 11.0. The highest BCUT2D eigenvalue weighted by molar-refractivity contribution is 14.1. The highest BCUT2D eigenvalue weighted by Crippen LogP contribution is 2.17. The van der Waals surface area contributed by atoms with Crippen molar-refractivity contribution in [1.82, 2.24) is 9.55 Å². The van der Waals surface area contributed by atoms with Crippen molar-refractivity contribution in [1.29, 1.82) is 0 Å². The molecule has 5 heteroatoms.